The van der Waals surface area contributed by atoms with E-state index < -0.39 is 11.9 Å². The Hall–Kier alpha value is -2.26. The molecule has 2 rings (SSSR count). The van der Waals surface area contributed by atoms with Gasteiger partial charge in [-0.05, 0) is 38.9 Å². The van der Waals surface area contributed by atoms with E-state index >= 15 is 0 Å². The molecule has 1 fully saturated rings. The van der Waals surface area contributed by atoms with Crippen molar-refractivity contribution in [2.75, 3.05) is 33.9 Å². The van der Waals surface area contributed by atoms with Gasteiger partial charge in [-0.3, -0.25) is 9.69 Å². The van der Waals surface area contributed by atoms with Crippen LogP contribution in [0.3, 0.4) is 0 Å². The number of halogens is 1. The normalized spacial score (nSPS) is 16.8. The number of hydrogen-bond acceptors (Lipinski definition) is 4. The third-order valence-corrected chi connectivity index (χ3v) is 4.60. The molecule has 0 bridgehead atoms. The van der Waals surface area contributed by atoms with Gasteiger partial charge in [-0.2, -0.15) is 0 Å². The van der Waals surface area contributed by atoms with Crippen LogP contribution in [-0.4, -0.2) is 44.7 Å². The lowest BCUT2D eigenvalue weighted by molar-refractivity contribution is -0.127. The van der Waals surface area contributed by atoms with Crippen LogP contribution in [-0.2, 0) is 4.79 Å². The molecule has 1 atom stereocenters. The molecule has 1 N–H and O–H groups in total. The second-order valence-corrected chi connectivity index (χ2v) is 6.21. The number of likely N-dealkylation sites (tertiary alicyclic amines) is 1. The number of benzene rings is 1. The molecule has 0 aliphatic carbocycles. The largest absolute Gasteiger partial charge is 0.493 e. The van der Waals surface area contributed by atoms with Gasteiger partial charge in [-0.25, -0.2) is 4.39 Å². The van der Waals surface area contributed by atoms with E-state index in [4.69, 9.17) is 15.9 Å². The highest BCUT2D eigenvalue weighted by Crippen LogP contribution is 2.32. The summed E-state index contributed by atoms with van der Waals surface area (Å²) in [6.45, 7) is 3.99. The molecular weight excluding hydrogens is 323 g/mol. The predicted octanol–water partition coefficient (Wildman–Crippen LogP) is 2.37. The standard InChI is InChI=1S/C19H25FN2O3/c1-5-8-22-9-6-14(7-10-22)19(23)21-13(2)15-11-17(24-3)18(25-4)12-16(15)20/h1,11-14H,6-10H2,2-4H3,(H,21,23). The van der Waals surface area contributed by atoms with Crippen LogP contribution in [0.4, 0.5) is 4.39 Å². The van der Waals surface area contributed by atoms with Gasteiger partial charge in [0.25, 0.3) is 0 Å². The number of piperidine rings is 1. The first-order valence-electron chi connectivity index (χ1n) is 8.37. The van der Waals surface area contributed by atoms with Crippen LogP contribution in [0, 0.1) is 24.1 Å². The molecule has 6 heteroatoms. The maximum Gasteiger partial charge on any atom is 0.223 e. The smallest absolute Gasteiger partial charge is 0.223 e. The number of ether oxygens (including phenoxy) is 2. The summed E-state index contributed by atoms with van der Waals surface area (Å²) in [6.07, 6.45) is 6.83. The molecule has 136 valence electrons. The second kappa shape index (κ2) is 8.72. The van der Waals surface area contributed by atoms with Gasteiger partial charge in [0.1, 0.15) is 5.82 Å². The van der Waals surface area contributed by atoms with Crippen LogP contribution in [0.25, 0.3) is 0 Å². The van der Waals surface area contributed by atoms with Gasteiger partial charge in [0.15, 0.2) is 11.5 Å². The highest BCUT2D eigenvalue weighted by atomic mass is 19.1. The summed E-state index contributed by atoms with van der Waals surface area (Å²) in [5.41, 5.74) is 0.371. The molecule has 5 nitrogen and oxygen atoms in total. The van der Waals surface area contributed by atoms with Crippen molar-refractivity contribution in [1.82, 2.24) is 10.2 Å². The molecule has 1 aliphatic heterocycles. The number of rotatable bonds is 6. The fourth-order valence-corrected chi connectivity index (χ4v) is 3.09. The van der Waals surface area contributed by atoms with E-state index in [0.717, 1.165) is 25.9 Å². The molecule has 1 aliphatic rings. The van der Waals surface area contributed by atoms with Crippen LogP contribution >= 0.6 is 0 Å². The van der Waals surface area contributed by atoms with Gasteiger partial charge in [-0.15, -0.1) is 6.42 Å². The Balaban J connectivity index is 2.01. The summed E-state index contributed by atoms with van der Waals surface area (Å²) in [4.78, 5) is 14.6. The van der Waals surface area contributed by atoms with E-state index in [-0.39, 0.29) is 11.8 Å². The van der Waals surface area contributed by atoms with Crippen LogP contribution in [0.15, 0.2) is 12.1 Å². The SMILES string of the molecule is C#CCN1CCC(C(=O)NC(C)c2cc(OC)c(OC)cc2F)CC1. The van der Waals surface area contributed by atoms with E-state index in [1.165, 1.54) is 20.3 Å². The van der Waals surface area contributed by atoms with Crippen LogP contribution in [0.5, 0.6) is 11.5 Å². The van der Waals surface area contributed by atoms with Crippen molar-refractivity contribution in [2.24, 2.45) is 5.92 Å². The number of hydrogen-bond donors (Lipinski definition) is 1. The van der Waals surface area contributed by atoms with E-state index in [9.17, 15) is 9.18 Å². The van der Waals surface area contributed by atoms with Crippen LogP contribution in [0.1, 0.15) is 31.4 Å². The first-order valence-corrected chi connectivity index (χ1v) is 8.37. The van der Waals surface area contributed by atoms with Crippen molar-refractivity contribution in [2.45, 2.75) is 25.8 Å². The van der Waals surface area contributed by atoms with Crippen LogP contribution in [0.2, 0.25) is 0 Å². The van der Waals surface area contributed by atoms with Gasteiger partial charge >= 0.3 is 0 Å². The minimum absolute atomic E-state index is 0.0537. The minimum atomic E-state index is -0.462. The van der Waals surface area contributed by atoms with E-state index in [1.54, 1.807) is 13.0 Å². The number of carbonyl (C=O) groups is 1. The van der Waals surface area contributed by atoms with E-state index in [2.05, 4.69) is 16.1 Å². The first kappa shape index (κ1) is 19.1. The Bertz CT molecular complexity index is 649. The molecule has 1 aromatic rings. The summed E-state index contributed by atoms with van der Waals surface area (Å²) in [6, 6.07) is 2.38. The van der Waals surface area contributed by atoms with E-state index in [1.807, 2.05) is 0 Å². The number of methoxy groups -OCH3 is 2. The van der Waals surface area contributed by atoms with Gasteiger partial charge in [0.05, 0.1) is 26.8 Å². The topological polar surface area (TPSA) is 50.8 Å². The predicted molar refractivity (Wildman–Crippen MR) is 94.1 cm³/mol. The molecule has 25 heavy (non-hydrogen) atoms. The Labute approximate surface area is 148 Å². The summed E-state index contributed by atoms with van der Waals surface area (Å²) >= 11 is 0. The number of amides is 1. The zero-order valence-electron chi connectivity index (χ0n) is 15.0. The van der Waals surface area contributed by atoms with E-state index in [0.29, 0.717) is 23.6 Å². The minimum Gasteiger partial charge on any atom is -0.493 e. The first-order chi connectivity index (χ1) is 12.0. The zero-order valence-corrected chi connectivity index (χ0v) is 15.0. The molecule has 0 radical (unpaired) electrons. The average molecular weight is 348 g/mol. The van der Waals surface area contributed by atoms with Crippen molar-refractivity contribution in [3.8, 4) is 23.8 Å². The molecule has 0 spiro atoms. The summed E-state index contributed by atoms with van der Waals surface area (Å²) in [7, 11) is 2.95. The molecule has 1 saturated heterocycles. The van der Waals surface area contributed by atoms with Crippen molar-refractivity contribution in [3.63, 3.8) is 0 Å². The second-order valence-electron chi connectivity index (χ2n) is 6.21. The third-order valence-electron chi connectivity index (χ3n) is 4.60. The number of terminal acetylenes is 1. The lowest BCUT2D eigenvalue weighted by atomic mass is 9.95. The highest BCUT2D eigenvalue weighted by Gasteiger charge is 2.26. The van der Waals surface area contributed by atoms with Gasteiger partial charge in [0, 0.05) is 17.5 Å². The molecule has 0 saturated carbocycles. The Morgan fingerprint density at radius 2 is 1.96 bits per heavy atom. The fourth-order valence-electron chi connectivity index (χ4n) is 3.09. The lowest BCUT2D eigenvalue weighted by Gasteiger charge is -2.30. The molecule has 1 aromatic carbocycles. The zero-order chi connectivity index (χ0) is 18.4. The van der Waals surface area contributed by atoms with Crippen molar-refractivity contribution in [1.29, 1.82) is 0 Å². The van der Waals surface area contributed by atoms with Crippen LogP contribution < -0.4 is 14.8 Å². The average Bonchev–Trinajstić information content (AvgIpc) is 2.62. The highest BCUT2D eigenvalue weighted by molar-refractivity contribution is 5.79. The van der Waals surface area contributed by atoms with Crippen molar-refractivity contribution in [3.05, 3.63) is 23.5 Å². The third kappa shape index (κ3) is 4.64. The summed E-state index contributed by atoms with van der Waals surface area (Å²) in [5.74, 6) is 2.82. The molecular formula is C19H25FN2O3. The van der Waals surface area contributed by atoms with Gasteiger partial charge < -0.3 is 14.8 Å². The fraction of sp³-hybridized carbons (Fsp3) is 0.526. The number of nitrogens with one attached hydrogen (secondary N) is 1. The molecule has 1 unspecified atom stereocenters. The Morgan fingerprint density at radius 3 is 2.52 bits per heavy atom. The summed E-state index contributed by atoms with van der Waals surface area (Å²) < 4.78 is 24.6. The molecule has 1 heterocycles. The lowest BCUT2D eigenvalue weighted by Crippen LogP contribution is -2.41. The Kier molecular flexibility index (Phi) is 6.65. The molecule has 0 aromatic heterocycles. The van der Waals surface area contributed by atoms with Crippen molar-refractivity contribution >= 4 is 5.91 Å². The monoisotopic (exact) mass is 348 g/mol. The number of nitrogens with zero attached hydrogens (tertiary/aromatic N) is 1. The Morgan fingerprint density at radius 1 is 1.36 bits per heavy atom. The quantitative estimate of drug-likeness (QED) is 0.802. The van der Waals surface area contributed by atoms with Gasteiger partial charge in [-0.1, -0.05) is 5.92 Å². The maximum atomic E-state index is 14.3. The summed E-state index contributed by atoms with van der Waals surface area (Å²) in [5, 5.41) is 2.91. The molecule has 1 amide bonds. The van der Waals surface area contributed by atoms with Crippen molar-refractivity contribution < 1.29 is 18.7 Å². The maximum absolute atomic E-state index is 14.3. The van der Waals surface area contributed by atoms with Gasteiger partial charge in [0.2, 0.25) is 5.91 Å². The number of carbonyl (C=O) groups excluding carboxylic acids is 1.